The van der Waals surface area contributed by atoms with Crippen molar-refractivity contribution in [3.05, 3.63) is 0 Å². The summed E-state index contributed by atoms with van der Waals surface area (Å²) >= 11 is 0. The number of aliphatic hydroxyl groups is 1. The summed E-state index contributed by atoms with van der Waals surface area (Å²) in [6, 6.07) is 0.572. The Morgan fingerprint density at radius 2 is 1.79 bits per heavy atom. The van der Waals surface area contributed by atoms with Crippen LogP contribution < -0.4 is 5.32 Å². The van der Waals surface area contributed by atoms with Gasteiger partial charge in [0.15, 0.2) is 0 Å². The van der Waals surface area contributed by atoms with Crippen molar-refractivity contribution in [1.82, 2.24) is 5.32 Å². The van der Waals surface area contributed by atoms with Crippen molar-refractivity contribution in [3.63, 3.8) is 0 Å². The van der Waals surface area contributed by atoms with Crippen molar-refractivity contribution in [2.24, 2.45) is 11.8 Å². The minimum Gasteiger partial charge on any atom is -0.389 e. The average molecular weight is 269 g/mol. The van der Waals surface area contributed by atoms with Gasteiger partial charge in [-0.05, 0) is 50.4 Å². The van der Waals surface area contributed by atoms with Crippen LogP contribution in [0.1, 0.15) is 79.1 Å². The zero-order chi connectivity index (χ0) is 14.3. The molecule has 0 amide bonds. The molecule has 1 aliphatic rings. The van der Waals surface area contributed by atoms with Crippen LogP contribution in [0, 0.1) is 11.8 Å². The summed E-state index contributed by atoms with van der Waals surface area (Å²) < 4.78 is 0. The lowest BCUT2D eigenvalue weighted by atomic mass is 9.77. The summed E-state index contributed by atoms with van der Waals surface area (Å²) in [6.07, 6.45) is 9.30. The molecule has 0 saturated heterocycles. The van der Waals surface area contributed by atoms with E-state index in [1.165, 1.54) is 32.1 Å². The SMILES string of the molecule is CCC(C)CC(CC)NCC1(O)CCC(CC)CC1. The minimum atomic E-state index is -0.436. The van der Waals surface area contributed by atoms with E-state index in [0.717, 1.165) is 37.6 Å². The van der Waals surface area contributed by atoms with E-state index in [-0.39, 0.29) is 0 Å². The van der Waals surface area contributed by atoms with Gasteiger partial charge in [0, 0.05) is 12.6 Å². The molecule has 1 saturated carbocycles. The lowest BCUT2D eigenvalue weighted by Gasteiger charge is -2.37. The van der Waals surface area contributed by atoms with Gasteiger partial charge in [-0.3, -0.25) is 0 Å². The molecule has 2 heteroatoms. The quantitative estimate of drug-likeness (QED) is 0.694. The van der Waals surface area contributed by atoms with E-state index in [4.69, 9.17) is 0 Å². The summed E-state index contributed by atoms with van der Waals surface area (Å²) in [5.41, 5.74) is -0.436. The molecule has 0 aromatic heterocycles. The van der Waals surface area contributed by atoms with E-state index < -0.39 is 5.60 Å². The van der Waals surface area contributed by atoms with Crippen LogP contribution in [0.15, 0.2) is 0 Å². The molecule has 1 aliphatic carbocycles. The van der Waals surface area contributed by atoms with Gasteiger partial charge in [-0.25, -0.2) is 0 Å². The predicted molar refractivity (Wildman–Crippen MR) is 83.4 cm³/mol. The number of nitrogens with one attached hydrogen (secondary N) is 1. The first-order chi connectivity index (χ1) is 9.03. The van der Waals surface area contributed by atoms with Crippen LogP contribution in [0.5, 0.6) is 0 Å². The molecule has 2 atom stereocenters. The molecule has 0 aliphatic heterocycles. The standard InChI is InChI=1S/C17H35NO/c1-5-14(4)12-16(7-3)18-13-17(19)10-8-15(6-2)9-11-17/h14-16,18-19H,5-13H2,1-4H3. The van der Waals surface area contributed by atoms with E-state index in [9.17, 15) is 5.11 Å². The fourth-order valence-electron chi connectivity index (χ4n) is 3.18. The molecule has 2 nitrogen and oxygen atoms in total. The van der Waals surface area contributed by atoms with Crippen LogP contribution in [0.3, 0.4) is 0 Å². The third-order valence-electron chi connectivity index (χ3n) is 5.21. The van der Waals surface area contributed by atoms with Crippen LogP contribution in [0.4, 0.5) is 0 Å². The van der Waals surface area contributed by atoms with Crippen molar-refractivity contribution < 1.29 is 5.11 Å². The van der Waals surface area contributed by atoms with Gasteiger partial charge in [0.2, 0.25) is 0 Å². The molecule has 0 bridgehead atoms. The maximum absolute atomic E-state index is 10.7. The fraction of sp³-hybridized carbons (Fsp3) is 1.00. The molecule has 0 heterocycles. The molecule has 1 fully saturated rings. The van der Waals surface area contributed by atoms with Crippen molar-refractivity contribution >= 4 is 0 Å². The molecule has 0 spiro atoms. The molecule has 2 unspecified atom stereocenters. The van der Waals surface area contributed by atoms with Gasteiger partial charge in [-0.1, -0.05) is 40.5 Å². The van der Waals surface area contributed by atoms with E-state index in [1.807, 2.05) is 0 Å². The van der Waals surface area contributed by atoms with Crippen molar-refractivity contribution in [3.8, 4) is 0 Å². The number of hydrogen-bond donors (Lipinski definition) is 2. The van der Waals surface area contributed by atoms with Crippen LogP contribution in [-0.4, -0.2) is 23.3 Å². The Bertz CT molecular complexity index is 233. The van der Waals surface area contributed by atoms with Crippen molar-refractivity contribution in [1.29, 1.82) is 0 Å². The highest BCUT2D eigenvalue weighted by Crippen LogP contribution is 2.33. The molecule has 0 aromatic carbocycles. The lowest BCUT2D eigenvalue weighted by Crippen LogP contribution is -2.46. The lowest BCUT2D eigenvalue weighted by molar-refractivity contribution is -0.0112. The molecule has 0 radical (unpaired) electrons. The Morgan fingerprint density at radius 3 is 2.26 bits per heavy atom. The molecular formula is C17H35NO. The molecule has 19 heavy (non-hydrogen) atoms. The van der Waals surface area contributed by atoms with Crippen molar-refractivity contribution in [2.45, 2.75) is 90.7 Å². The number of rotatable bonds is 8. The highest BCUT2D eigenvalue weighted by Gasteiger charge is 2.32. The second-order valence-electron chi connectivity index (χ2n) is 6.81. The summed E-state index contributed by atoms with van der Waals surface area (Å²) in [5, 5.41) is 14.3. The third kappa shape index (κ3) is 5.83. The van der Waals surface area contributed by atoms with E-state index in [1.54, 1.807) is 0 Å². The van der Waals surface area contributed by atoms with Gasteiger partial charge < -0.3 is 10.4 Å². The Morgan fingerprint density at radius 1 is 1.16 bits per heavy atom. The summed E-state index contributed by atoms with van der Waals surface area (Å²) in [7, 11) is 0. The monoisotopic (exact) mass is 269 g/mol. The van der Waals surface area contributed by atoms with E-state index in [0.29, 0.717) is 6.04 Å². The molecule has 0 aromatic rings. The maximum atomic E-state index is 10.7. The molecule has 1 rings (SSSR count). The Kier molecular flexibility index (Phi) is 7.38. The first-order valence-corrected chi connectivity index (χ1v) is 8.48. The van der Waals surface area contributed by atoms with Gasteiger partial charge in [-0.15, -0.1) is 0 Å². The van der Waals surface area contributed by atoms with Gasteiger partial charge in [-0.2, -0.15) is 0 Å². The average Bonchev–Trinajstić information content (AvgIpc) is 2.44. The topological polar surface area (TPSA) is 32.3 Å². The zero-order valence-electron chi connectivity index (χ0n) is 13.5. The van der Waals surface area contributed by atoms with Crippen molar-refractivity contribution in [2.75, 3.05) is 6.54 Å². The van der Waals surface area contributed by atoms with E-state index in [2.05, 4.69) is 33.0 Å². The largest absolute Gasteiger partial charge is 0.389 e. The van der Waals surface area contributed by atoms with Gasteiger partial charge in [0.25, 0.3) is 0 Å². The summed E-state index contributed by atoms with van der Waals surface area (Å²) in [5.74, 6) is 1.63. The summed E-state index contributed by atoms with van der Waals surface area (Å²) in [6.45, 7) is 9.89. The smallest absolute Gasteiger partial charge is 0.0771 e. The highest BCUT2D eigenvalue weighted by atomic mass is 16.3. The van der Waals surface area contributed by atoms with Crippen LogP contribution in [0.2, 0.25) is 0 Å². The number of hydrogen-bond acceptors (Lipinski definition) is 2. The maximum Gasteiger partial charge on any atom is 0.0771 e. The molecular weight excluding hydrogens is 234 g/mol. The zero-order valence-corrected chi connectivity index (χ0v) is 13.5. The molecule has 114 valence electrons. The Hall–Kier alpha value is -0.0800. The van der Waals surface area contributed by atoms with Crippen LogP contribution in [0.25, 0.3) is 0 Å². The second-order valence-corrected chi connectivity index (χ2v) is 6.81. The fourth-order valence-corrected chi connectivity index (χ4v) is 3.18. The van der Waals surface area contributed by atoms with Crippen LogP contribution >= 0.6 is 0 Å². The summed E-state index contributed by atoms with van der Waals surface area (Å²) in [4.78, 5) is 0. The van der Waals surface area contributed by atoms with Crippen LogP contribution in [-0.2, 0) is 0 Å². The Labute approximate surface area is 120 Å². The molecule has 2 N–H and O–H groups in total. The minimum absolute atomic E-state index is 0.436. The van der Waals surface area contributed by atoms with Gasteiger partial charge in [0.1, 0.15) is 0 Å². The van der Waals surface area contributed by atoms with Gasteiger partial charge >= 0.3 is 0 Å². The first kappa shape index (κ1) is 17.0. The predicted octanol–water partition coefficient (Wildman–Crippen LogP) is 4.12. The second kappa shape index (κ2) is 8.26. The Balaban J connectivity index is 2.33. The third-order valence-corrected chi connectivity index (χ3v) is 5.21. The normalized spacial score (nSPS) is 31.1. The van der Waals surface area contributed by atoms with Gasteiger partial charge in [0.05, 0.1) is 5.60 Å². The highest BCUT2D eigenvalue weighted by molar-refractivity contribution is 4.88. The first-order valence-electron chi connectivity index (χ1n) is 8.48. The van der Waals surface area contributed by atoms with E-state index >= 15 is 0 Å².